The fourth-order valence-corrected chi connectivity index (χ4v) is 17.8. The molecule has 3 fully saturated rings. The van der Waals surface area contributed by atoms with E-state index < -0.39 is 65.1 Å². The summed E-state index contributed by atoms with van der Waals surface area (Å²) in [4.78, 5) is 148. The first-order valence-electron chi connectivity index (χ1n) is 52.9. The zero-order chi connectivity index (χ0) is 106. The van der Waals surface area contributed by atoms with Crippen molar-refractivity contribution in [3.8, 4) is 28.3 Å². The second kappa shape index (κ2) is 68.2. The molecule has 37 nitrogen and oxygen atoms in total. The van der Waals surface area contributed by atoms with Crippen molar-refractivity contribution in [2.45, 2.75) is 226 Å². The summed E-state index contributed by atoms with van der Waals surface area (Å²) in [7, 11) is 1.50. The number of carboxylic acid groups (broad SMARTS) is 2. The van der Waals surface area contributed by atoms with Gasteiger partial charge in [-0.15, -0.1) is 0 Å². The van der Waals surface area contributed by atoms with Gasteiger partial charge in [0.25, 0.3) is 11.8 Å². The highest BCUT2D eigenvalue weighted by Gasteiger charge is 2.40. The third-order valence-corrected chi connectivity index (χ3v) is 26.6. The number of nitrogens with zero attached hydrogens (tertiary/aromatic N) is 6. The number of aliphatic carboxylic acids is 2. The van der Waals surface area contributed by atoms with E-state index in [0.717, 1.165) is 126 Å². The normalized spacial score (nSPS) is 14.3. The number of anilines is 2. The van der Waals surface area contributed by atoms with E-state index in [2.05, 4.69) is 72.3 Å². The minimum absolute atomic E-state index is 0.0158. The fraction of sp³-hybridized carbons (Fsp3) is 0.633. The van der Waals surface area contributed by atoms with Crippen molar-refractivity contribution in [1.82, 2.24) is 45.6 Å². The number of piperidine rings is 2. The first kappa shape index (κ1) is 121. The van der Waals surface area contributed by atoms with E-state index >= 15 is 8.78 Å². The van der Waals surface area contributed by atoms with Crippen LogP contribution in [0.25, 0.3) is 33.5 Å². The minimum atomic E-state index is -1.41. The SMILES string of the molecule is CCCCCCCCCCCN(C(=O)CCCCCCCCCC(=O)O)C(CCC(=O)NCCOCCOCCOCCOCCOCCOCCOCCOCCOCCOCCOCCOCCC(=O)N[C@@H](C)C(=O)OC(C)(C)c1ccc(C(=O)Nc2cc(F)cc(-c3ncnc4[nH]c(-c5ccc(CCN6CCC7(CC6)CCN(C(=O)c6ccc(OC)c(N8CCC(=O)NC8=O)c6)CC7)cc5)cc34)c2C)c(F)c1)C(=O)O. The number of unbranched alkanes of at least 4 members (excludes halogenated alkanes) is 14. The number of likely N-dealkylation sites (tertiary alicyclic amines) is 2. The van der Waals surface area contributed by atoms with Gasteiger partial charge in [-0.2, -0.15) is 0 Å². The Kier molecular flexibility index (Phi) is 55.7. The summed E-state index contributed by atoms with van der Waals surface area (Å²) >= 11 is 0. The van der Waals surface area contributed by atoms with Gasteiger partial charge >= 0.3 is 23.9 Å². The van der Waals surface area contributed by atoms with Crippen LogP contribution in [0.5, 0.6) is 5.75 Å². The van der Waals surface area contributed by atoms with E-state index in [1.165, 1.54) is 86.0 Å². The molecule has 39 heteroatoms. The molecular weight excluding hydrogens is 1920 g/mol. The molecule has 0 radical (unpaired) electrons. The second-order valence-corrected chi connectivity index (χ2v) is 38.0. The molecule has 8 amide bonds. The number of nitrogens with one attached hydrogen (secondary N) is 5. The van der Waals surface area contributed by atoms with Crippen molar-refractivity contribution in [2.24, 2.45) is 5.41 Å². The highest BCUT2D eigenvalue weighted by molar-refractivity contribution is 6.08. The van der Waals surface area contributed by atoms with E-state index in [1.54, 1.807) is 39.0 Å². The average molecular weight is 2080 g/mol. The Morgan fingerprint density at radius 2 is 1.09 bits per heavy atom. The lowest BCUT2D eigenvalue weighted by Gasteiger charge is -2.47. The number of rotatable bonds is 78. The highest BCUT2D eigenvalue weighted by Crippen LogP contribution is 2.43. The van der Waals surface area contributed by atoms with E-state index in [0.29, 0.717) is 216 Å². The number of aromatic nitrogens is 3. The molecule has 820 valence electrons. The van der Waals surface area contributed by atoms with Crippen molar-refractivity contribution in [1.29, 1.82) is 0 Å². The monoisotopic (exact) mass is 2080 g/mol. The standard InChI is InChI=1S/C109H159F2N11O26/c1-7-8-9-10-11-12-16-19-22-43-121(99(126)23-20-17-14-13-15-18-21-24-100(127)128)93(105(131)132)32-34-96(123)112-42-51-137-53-55-139-57-59-141-61-63-143-65-67-145-69-71-147-73-72-146-70-68-144-66-64-142-62-60-140-58-56-138-54-52-136-50-37-98(125)115-81(3)106(133)148-108(4,5)85-30-31-87(90(111)75-85)103(129)117-91-77-86(110)76-88(80(91)2)101-89-78-92(116-102(89)114-79-113-101)83-27-25-82(26-28-83)35-44-119-46-38-109(39-47-119)40-48-120(49-41-109)104(130)84-29-33-95(135-6)94(74-84)122-45-36-97(124)118-107(122)134/h25-31,33,74-79,81,93H,7-24,32,34-73H2,1-6H3,(H,112,123)(H,115,125)(H,117,129)(H,127,128)(H,131,132)(H,113,114,116)(H,118,124,134)/t81-,93?/m0/s1. The molecule has 6 aromatic rings. The third-order valence-electron chi connectivity index (χ3n) is 26.6. The molecule has 3 aliphatic heterocycles. The number of aromatic amines is 1. The number of esters is 1. The largest absolute Gasteiger partial charge is 0.495 e. The number of benzene rings is 4. The topological polar surface area (TPSA) is 443 Å². The molecular formula is C109H159F2N11O26. The smallest absolute Gasteiger partial charge is 0.329 e. The van der Waals surface area contributed by atoms with Gasteiger partial charge in [-0.3, -0.25) is 43.8 Å². The Morgan fingerprint density at radius 3 is 1.63 bits per heavy atom. The third kappa shape index (κ3) is 43.7. The summed E-state index contributed by atoms with van der Waals surface area (Å²) in [5.74, 6) is -6.07. The minimum Gasteiger partial charge on any atom is -0.495 e. The molecule has 9 rings (SSSR count). The number of amides is 8. The summed E-state index contributed by atoms with van der Waals surface area (Å²) in [6.07, 6.45) is 22.4. The van der Waals surface area contributed by atoms with Crippen molar-refractivity contribution in [2.75, 3.05) is 228 Å². The molecule has 3 saturated heterocycles. The van der Waals surface area contributed by atoms with Gasteiger partial charge in [0.1, 0.15) is 47.0 Å². The van der Waals surface area contributed by atoms with Gasteiger partial charge in [0.05, 0.1) is 183 Å². The number of hydrogen-bond donors (Lipinski definition) is 7. The summed E-state index contributed by atoms with van der Waals surface area (Å²) < 4.78 is 110. The van der Waals surface area contributed by atoms with Gasteiger partial charge in [-0.1, -0.05) is 121 Å². The number of imide groups is 1. The summed E-state index contributed by atoms with van der Waals surface area (Å²) in [6.45, 7) is 21.9. The lowest BCUT2D eigenvalue weighted by atomic mass is 9.71. The van der Waals surface area contributed by atoms with Gasteiger partial charge in [0.15, 0.2) is 0 Å². The average Bonchev–Trinajstić information content (AvgIpc) is 1.62. The van der Waals surface area contributed by atoms with Gasteiger partial charge in [0, 0.05) is 99.3 Å². The van der Waals surface area contributed by atoms with Crippen LogP contribution in [0.15, 0.2) is 85.2 Å². The van der Waals surface area contributed by atoms with Crippen molar-refractivity contribution in [3.63, 3.8) is 0 Å². The van der Waals surface area contributed by atoms with Gasteiger partial charge < -0.3 is 112 Å². The predicted octanol–water partition coefficient (Wildman–Crippen LogP) is 14.3. The number of hydrogen-bond acceptors (Lipinski definition) is 27. The number of halogens is 2. The van der Waals surface area contributed by atoms with Crippen LogP contribution in [-0.4, -0.2) is 329 Å². The maximum atomic E-state index is 16.0. The van der Waals surface area contributed by atoms with Crippen LogP contribution in [-0.2, 0) is 107 Å². The predicted molar refractivity (Wildman–Crippen MR) is 552 cm³/mol. The maximum Gasteiger partial charge on any atom is 0.329 e. The molecule has 0 bridgehead atoms. The molecule has 7 N–H and O–H groups in total. The lowest BCUT2D eigenvalue weighted by Crippen LogP contribution is -2.50. The number of fused-ring (bicyclic) bond motifs is 1. The molecule has 2 atom stereocenters. The molecule has 148 heavy (non-hydrogen) atoms. The van der Waals surface area contributed by atoms with Crippen molar-refractivity contribution >= 4 is 81.8 Å². The van der Waals surface area contributed by atoms with E-state index in [-0.39, 0.29) is 124 Å². The summed E-state index contributed by atoms with van der Waals surface area (Å²) in [5.41, 5.74) is 4.29. The Bertz CT molecular complexity index is 5020. The van der Waals surface area contributed by atoms with Crippen LogP contribution in [0.4, 0.5) is 25.0 Å². The van der Waals surface area contributed by atoms with Crippen LogP contribution < -0.4 is 30.9 Å². The zero-order valence-electron chi connectivity index (χ0n) is 87.6. The summed E-state index contributed by atoms with van der Waals surface area (Å²) in [5, 5.41) is 30.1. The van der Waals surface area contributed by atoms with E-state index in [1.807, 2.05) is 11.0 Å². The van der Waals surface area contributed by atoms with Crippen molar-refractivity contribution in [3.05, 3.63) is 125 Å². The quantitative estimate of drug-likeness (QED) is 0.0138. The maximum absolute atomic E-state index is 16.0. The van der Waals surface area contributed by atoms with Crippen LogP contribution >= 0.6 is 0 Å². The van der Waals surface area contributed by atoms with E-state index in [9.17, 15) is 53.1 Å². The van der Waals surface area contributed by atoms with Crippen LogP contribution in [0.1, 0.15) is 232 Å². The molecule has 5 heterocycles. The first-order valence-corrected chi connectivity index (χ1v) is 52.9. The number of urea groups is 1. The molecule has 1 unspecified atom stereocenters. The zero-order valence-corrected chi connectivity index (χ0v) is 87.6. The Labute approximate surface area is 868 Å². The first-order chi connectivity index (χ1) is 71.7. The van der Waals surface area contributed by atoms with E-state index in [4.69, 9.17) is 71.4 Å². The van der Waals surface area contributed by atoms with Gasteiger partial charge in [0.2, 0.25) is 23.6 Å². The second-order valence-electron chi connectivity index (χ2n) is 38.0. The number of carboxylic acids is 2. The fourth-order valence-electron chi connectivity index (χ4n) is 17.8. The molecule has 1 spiro atoms. The molecule has 4 aromatic carbocycles. The van der Waals surface area contributed by atoms with Crippen LogP contribution in [0.3, 0.4) is 0 Å². The molecule has 2 aromatic heterocycles. The summed E-state index contributed by atoms with van der Waals surface area (Å²) in [6, 6.07) is 18.9. The van der Waals surface area contributed by atoms with Gasteiger partial charge in [-0.05, 0) is 175 Å². The van der Waals surface area contributed by atoms with Crippen LogP contribution in [0, 0.1) is 24.0 Å². The van der Waals surface area contributed by atoms with Crippen molar-refractivity contribution < 1.29 is 133 Å². The molecule has 0 saturated carbocycles. The lowest BCUT2D eigenvalue weighted by molar-refractivity contribution is -0.160. The van der Waals surface area contributed by atoms with Gasteiger partial charge in [-0.25, -0.2) is 33.1 Å². The number of carbonyl (C=O) groups is 10. The number of carbonyl (C=O) groups excluding carboxylic acids is 8. The highest BCUT2D eigenvalue weighted by atomic mass is 19.1. The Morgan fingerprint density at radius 1 is 0.568 bits per heavy atom. The molecule has 0 aliphatic carbocycles. The number of methoxy groups -OCH3 is 1. The Hall–Kier alpha value is -10.7. The molecule has 3 aliphatic rings. The number of ether oxygens (including phenoxy) is 14. The number of H-pyrrole nitrogens is 1. The van der Waals surface area contributed by atoms with Crippen LogP contribution in [0.2, 0.25) is 0 Å². The Balaban J connectivity index is 0.517.